The molecule has 1 aromatic rings. The molecule has 0 aliphatic carbocycles. The Labute approximate surface area is 108 Å². The van der Waals surface area contributed by atoms with E-state index in [4.69, 9.17) is 15.7 Å². The number of alkyl halides is 2. The van der Waals surface area contributed by atoms with Gasteiger partial charge in [-0.15, -0.1) is 0 Å². The fraction of sp³-hybridized carbons (Fsp3) is 0.333. The predicted molar refractivity (Wildman–Crippen MR) is 61.6 cm³/mol. The summed E-state index contributed by atoms with van der Waals surface area (Å²) in [5.41, 5.74) is 5.33. The molecule has 0 aliphatic rings. The van der Waals surface area contributed by atoms with Gasteiger partial charge in [-0.1, -0.05) is 0 Å². The molecule has 2 N–H and O–H groups in total. The molecule has 0 amide bonds. The second-order valence-corrected chi connectivity index (χ2v) is 3.38. The zero-order valence-electron chi connectivity index (χ0n) is 10.2. The Balaban J connectivity index is 3.31. The molecular weight excluding hydrogens is 258 g/mol. The Hall–Kier alpha value is -2.20. The third-order valence-electron chi connectivity index (χ3n) is 2.30. The van der Waals surface area contributed by atoms with Crippen LogP contribution in [0.25, 0.3) is 0 Å². The van der Waals surface area contributed by atoms with Crippen molar-refractivity contribution in [3.63, 3.8) is 0 Å². The van der Waals surface area contributed by atoms with E-state index in [-0.39, 0.29) is 35.6 Å². The van der Waals surface area contributed by atoms with E-state index in [0.717, 1.165) is 0 Å². The van der Waals surface area contributed by atoms with Gasteiger partial charge in [-0.25, -0.2) is 4.79 Å². The Bertz CT molecular complexity index is 512. The van der Waals surface area contributed by atoms with Crippen LogP contribution in [0.5, 0.6) is 5.75 Å². The molecule has 0 spiro atoms. The Morgan fingerprint density at radius 2 is 2.21 bits per heavy atom. The number of carbonyl (C=O) groups is 1. The van der Waals surface area contributed by atoms with Crippen molar-refractivity contribution in [3.05, 3.63) is 28.8 Å². The SMILES string of the molecule is CCOC(=O)c1ccc(OC(F)F)c(CN)c1C#N. The van der Waals surface area contributed by atoms with E-state index in [0.29, 0.717) is 0 Å². The third kappa shape index (κ3) is 3.39. The maximum Gasteiger partial charge on any atom is 0.387 e. The first-order chi connectivity index (χ1) is 9.04. The van der Waals surface area contributed by atoms with Crippen LogP contribution in [0.1, 0.15) is 28.4 Å². The van der Waals surface area contributed by atoms with E-state index in [9.17, 15) is 13.6 Å². The molecule has 1 rings (SSSR count). The van der Waals surface area contributed by atoms with Gasteiger partial charge < -0.3 is 15.2 Å². The number of ether oxygens (including phenoxy) is 2. The molecule has 0 saturated carbocycles. The molecule has 0 aliphatic heterocycles. The number of nitrogens with two attached hydrogens (primary N) is 1. The lowest BCUT2D eigenvalue weighted by atomic mass is 10.0. The zero-order valence-corrected chi connectivity index (χ0v) is 10.2. The molecule has 1 aromatic carbocycles. The van der Waals surface area contributed by atoms with E-state index in [1.807, 2.05) is 0 Å². The summed E-state index contributed by atoms with van der Waals surface area (Å²) >= 11 is 0. The van der Waals surface area contributed by atoms with Gasteiger partial charge in [0.2, 0.25) is 0 Å². The van der Waals surface area contributed by atoms with Crippen molar-refractivity contribution < 1.29 is 23.0 Å². The summed E-state index contributed by atoms with van der Waals surface area (Å²) in [4.78, 5) is 11.6. The standard InChI is InChI=1S/C12H12F2N2O3/c1-2-18-11(17)7-3-4-10(19-12(13)14)9(6-16)8(7)5-15/h3-4,12H,2,6,16H2,1H3. The van der Waals surface area contributed by atoms with Crippen molar-refractivity contribution in [2.24, 2.45) is 5.73 Å². The van der Waals surface area contributed by atoms with Crippen molar-refractivity contribution in [1.29, 1.82) is 5.26 Å². The van der Waals surface area contributed by atoms with Crippen molar-refractivity contribution >= 4 is 5.97 Å². The number of nitriles is 1. The van der Waals surface area contributed by atoms with Gasteiger partial charge in [0.1, 0.15) is 11.8 Å². The van der Waals surface area contributed by atoms with Gasteiger partial charge in [-0.3, -0.25) is 0 Å². The Morgan fingerprint density at radius 3 is 2.68 bits per heavy atom. The molecular formula is C12H12F2N2O3. The Kier molecular flexibility index (Phi) is 5.21. The minimum atomic E-state index is -3.04. The van der Waals surface area contributed by atoms with E-state index in [2.05, 4.69) is 4.74 Å². The molecule has 7 heteroatoms. The topological polar surface area (TPSA) is 85.3 Å². The highest BCUT2D eigenvalue weighted by molar-refractivity contribution is 5.93. The molecule has 5 nitrogen and oxygen atoms in total. The summed E-state index contributed by atoms with van der Waals surface area (Å²) in [5, 5.41) is 9.05. The number of esters is 1. The molecule has 0 saturated heterocycles. The van der Waals surface area contributed by atoms with E-state index in [1.165, 1.54) is 12.1 Å². The minimum Gasteiger partial charge on any atom is -0.462 e. The van der Waals surface area contributed by atoms with Crippen molar-refractivity contribution in [1.82, 2.24) is 0 Å². The largest absolute Gasteiger partial charge is 0.462 e. The second-order valence-electron chi connectivity index (χ2n) is 3.38. The molecule has 0 unspecified atom stereocenters. The van der Waals surface area contributed by atoms with E-state index < -0.39 is 12.6 Å². The van der Waals surface area contributed by atoms with Crippen LogP contribution in [-0.2, 0) is 11.3 Å². The minimum absolute atomic E-state index is 0.0218. The maximum atomic E-state index is 12.2. The van der Waals surface area contributed by atoms with Crippen LogP contribution in [0.4, 0.5) is 8.78 Å². The van der Waals surface area contributed by atoms with Crippen LogP contribution in [0.2, 0.25) is 0 Å². The predicted octanol–water partition coefficient (Wildman–Crippen LogP) is 1.80. The first-order valence-electron chi connectivity index (χ1n) is 5.43. The molecule has 0 aromatic heterocycles. The van der Waals surface area contributed by atoms with Crippen LogP contribution in [-0.4, -0.2) is 19.2 Å². The summed E-state index contributed by atoms with van der Waals surface area (Å²) < 4.78 is 33.5. The fourth-order valence-corrected chi connectivity index (χ4v) is 1.54. The van der Waals surface area contributed by atoms with Crippen molar-refractivity contribution in [2.45, 2.75) is 20.1 Å². The van der Waals surface area contributed by atoms with Gasteiger partial charge in [0, 0.05) is 12.1 Å². The van der Waals surface area contributed by atoms with Gasteiger partial charge in [0.25, 0.3) is 0 Å². The lowest BCUT2D eigenvalue weighted by molar-refractivity contribution is -0.0504. The van der Waals surface area contributed by atoms with Crippen LogP contribution < -0.4 is 10.5 Å². The highest BCUT2D eigenvalue weighted by Crippen LogP contribution is 2.27. The molecule has 0 fully saturated rings. The molecule has 0 radical (unpaired) electrons. The molecule has 0 bridgehead atoms. The summed E-state index contributed by atoms with van der Waals surface area (Å²) in [6, 6.07) is 4.13. The van der Waals surface area contributed by atoms with Crippen molar-refractivity contribution in [3.8, 4) is 11.8 Å². The molecule has 0 heterocycles. The Morgan fingerprint density at radius 1 is 1.53 bits per heavy atom. The molecule has 0 atom stereocenters. The average molecular weight is 270 g/mol. The van der Waals surface area contributed by atoms with Crippen LogP contribution in [0.15, 0.2) is 12.1 Å². The first-order valence-corrected chi connectivity index (χ1v) is 5.43. The zero-order chi connectivity index (χ0) is 14.4. The number of nitrogens with zero attached hydrogens (tertiary/aromatic N) is 1. The van der Waals surface area contributed by atoms with E-state index in [1.54, 1.807) is 13.0 Å². The van der Waals surface area contributed by atoms with Gasteiger partial charge >= 0.3 is 12.6 Å². The van der Waals surface area contributed by atoms with Crippen LogP contribution >= 0.6 is 0 Å². The normalized spacial score (nSPS) is 10.1. The number of hydrogen-bond acceptors (Lipinski definition) is 5. The summed E-state index contributed by atoms with van der Waals surface area (Å²) in [6.45, 7) is -1.50. The van der Waals surface area contributed by atoms with E-state index >= 15 is 0 Å². The average Bonchev–Trinajstić information content (AvgIpc) is 2.37. The third-order valence-corrected chi connectivity index (χ3v) is 2.30. The molecule has 102 valence electrons. The highest BCUT2D eigenvalue weighted by atomic mass is 19.3. The second kappa shape index (κ2) is 6.66. The highest BCUT2D eigenvalue weighted by Gasteiger charge is 2.20. The van der Waals surface area contributed by atoms with Crippen molar-refractivity contribution in [2.75, 3.05) is 6.61 Å². The van der Waals surface area contributed by atoms with Gasteiger partial charge in [0.15, 0.2) is 0 Å². The maximum absolute atomic E-state index is 12.2. The van der Waals surface area contributed by atoms with Crippen LogP contribution in [0.3, 0.4) is 0 Å². The lowest BCUT2D eigenvalue weighted by Crippen LogP contribution is -2.13. The summed E-state index contributed by atoms with van der Waals surface area (Å²) in [6.07, 6.45) is 0. The lowest BCUT2D eigenvalue weighted by Gasteiger charge is -2.13. The van der Waals surface area contributed by atoms with Crippen LogP contribution in [0, 0.1) is 11.3 Å². The number of benzene rings is 1. The number of hydrogen-bond donors (Lipinski definition) is 1. The smallest absolute Gasteiger partial charge is 0.387 e. The molecule has 19 heavy (non-hydrogen) atoms. The summed E-state index contributed by atoms with van der Waals surface area (Å²) in [7, 11) is 0. The number of carbonyl (C=O) groups excluding carboxylic acids is 1. The van der Waals surface area contributed by atoms with Gasteiger partial charge in [0.05, 0.1) is 17.7 Å². The van der Waals surface area contributed by atoms with Gasteiger partial charge in [-0.2, -0.15) is 14.0 Å². The first kappa shape index (κ1) is 14.9. The fourth-order valence-electron chi connectivity index (χ4n) is 1.54. The quantitative estimate of drug-likeness (QED) is 0.824. The monoisotopic (exact) mass is 270 g/mol. The van der Waals surface area contributed by atoms with Gasteiger partial charge in [-0.05, 0) is 19.1 Å². The number of rotatable bonds is 5. The summed E-state index contributed by atoms with van der Waals surface area (Å²) in [5.74, 6) is -0.931. The number of halogens is 2.